The van der Waals surface area contributed by atoms with Crippen LogP contribution in [0.5, 0.6) is 0 Å². The molecule has 1 heterocycles. The first-order chi connectivity index (χ1) is 8.47. The molecule has 0 fully saturated rings. The molecule has 0 atom stereocenters. The van der Waals surface area contributed by atoms with E-state index in [-0.39, 0.29) is 24.6 Å². The smallest absolute Gasteiger partial charge is 0.323 e. The lowest BCUT2D eigenvalue weighted by Gasteiger charge is -2.19. The van der Waals surface area contributed by atoms with Crippen LogP contribution >= 0.6 is 0 Å². The van der Waals surface area contributed by atoms with E-state index in [0.29, 0.717) is 5.56 Å². The van der Waals surface area contributed by atoms with Crippen LogP contribution in [0.25, 0.3) is 0 Å². The lowest BCUT2D eigenvalue weighted by molar-refractivity contribution is -0.384. The van der Waals surface area contributed by atoms with Crippen LogP contribution in [-0.4, -0.2) is 34.1 Å². The number of anilines is 1. The van der Waals surface area contributed by atoms with Crippen LogP contribution in [0.1, 0.15) is 5.56 Å². The van der Waals surface area contributed by atoms with Crippen molar-refractivity contribution in [1.82, 2.24) is 4.98 Å². The van der Waals surface area contributed by atoms with Crippen molar-refractivity contribution in [2.24, 2.45) is 0 Å². The number of carbonyl (C=O) groups is 1. The maximum Gasteiger partial charge on any atom is 0.323 e. The van der Waals surface area contributed by atoms with Gasteiger partial charge in [0.15, 0.2) is 0 Å². The molecule has 0 bridgehead atoms. The molecule has 0 saturated heterocycles. The quantitative estimate of drug-likeness (QED) is 0.466. The monoisotopic (exact) mass is 251 g/mol. The molecule has 1 N–H and O–H groups in total. The molecule has 18 heavy (non-hydrogen) atoms. The minimum atomic E-state index is -1.09. The molecule has 0 saturated carbocycles. The maximum atomic E-state index is 11.0. The second kappa shape index (κ2) is 5.76. The van der Waals surface area contributed by atoms with E-state index < -0.39 is 10.9 Å². The first-order valence-electron chi connectivity index (χ1n) is 5.15. The summed E-state index contributed by atoms with van der Waals surface area (Å²) >= 11 is 0. The molecule has 1 aromatic heterocycles. The van der Waals surface area contributed by atoms with E-state index in [0.717, 1.165) is 0 Å². The maximum absolute atomic E-state index is 11.0. The molecule has 0 unspecified atom stereocenters. The number of rotatable bonds is 6. The van der Waals surface area contributed by atoms with E-state index in [1.54, 1.807) is 6.92 Å². The number of nitro groups is 1. The van der Waals surface area contributed by atoms with Crippen molar-refractivity contribution >= 4 is 17.5 Å². The normalized spacial score (nSPS) is 9.83. The molecule has 7 nitrogen and oxygen atoms in total. The molecule has 96 valence electrons. The summed E-state index contributed by atoms with van der Waals surface area (Å²) < 4.78 is 0. The fourth-order valence-corrected chi connectivity index (χ4v) is 1.54. The Morgan fingerprint density at radius 2 is 2.39 bits per heavy atom. The molecule has 7 heteroatoms. The number of carboxylic acid groups (broad SMARTS) is 1. The van der Waals surface area contributed by atoms with Crippen LogP contribution in [0.4, 0.5) is 11.5 Å². The van der Waals surface area contributed by atoms with Crippen molar-refractivity contribution in [3.8, 4) is 0 Å². The van der Waals surface area contributed by atoms with Crippen LogP contribution in [0.15, 0.2) is 24.9 Å². The molecule has 0 aliphatic rings. The van der Waals surface area contributed by atoms with Crippen molar-refractivity contribution in [2.45, 2.75) is 6.92 Å². The van der Waals surface area contributed by atoms with Crippen LogP contribution < -0.4 is 4.90 Å². The van der Waals surface area contributed by atoms with E-state index in [4.69, 9.17) is 5.11 Å². The van der Waals surface area contributed by atoms with E-state index in [9.17, 15) is 14.9 Å². The fraction of sp³-hybridized carbons (Fsp3) is 0.273. The molecular weight excluding hydrogens is 238 g/mol. The standard InChI is InChI=1S/C11H13N3O4/c1-3-6-13(7-9(15)16)11-10(14(17)18)8(2)4-5-12-11/h3-5H,1,6-7H2,2H3,(H,15,16). The summed E-state index contributed by atoms with van der Waals surface area (Å²) in [6, 6.07) is 1.51. The van der Waals surface area contributed by atoms with Gasteiger partial charge in [-0.2, -0.15) is 0 Å². The van der Waals surface area contributed by atoms with Gasteiger partial charge in [0, 0.05) is 18.3 Å². The molecule has 0 radical (unpaired) electrons. The number of hydrogen-bond acceptors (Lipinski definition) is 5. The first kappa shape index (κ1) is 13.6. The van der Waals surface area contributed by atoms with Gasteiger partial charge in [0.25, 0.3) is 0 Å². The SMILES string of the molecule is C=CCN(CC(=O)O)c1nccc(C)c1[N+](=O)[O-]. The molecule has 0 aliphatic carbocycles. The largest absolute Gasteiger partial charge is 0.480 e. The second-order valence-corrected chi connectivity index (χ2v) is 3.62. The second-order valence-electron chi connectivity index (χ2n) is 3.62. The van der Waals surface area contributed by atoms with Crippen molar-refractivity contribution in [2.75, 3.05) is 18.0 Å². The molecule has 1 rings (SSSR count). The van der Waals surface area contributed by atoms with Crippen LogP contribution in [0.2, 0.25) is 0 Å². The van der Waals surface area contributed by atoms with Crippen molar-refractivity contribution in [3.05, 3.63) is 40.6 Å². The van der Waals surface area contributed by atoms with E-state index in [1.165, 1.54) is 23.2 Å². The molecule has 0 aliphatic heterocycles. The summed E-state index contributed by atoms with van der Waals surface area (Å²) in [6.45, 7) is 4.88. The van der Waals surface area contributed by atoms with Crippen molar-refractivity contribution in [3.63, 3.8) is 0 Å². The third kappa shape index (κ3) is 3.03. The number of aromatic nitrogens is 1. The predicted octanol–water partition coefficient (Wildman–Crippen LogP) is 1.38. The number of aliphatic carboxylic acids is 1. The predicted molar refractivity (Wildman–Crippen MR) is 65.7 cm³/mol. The lowest BCUT2D eigenvalue weighted by atomic mass is 10.2. The Kier molecular flexibility index (Phi) is 4.36. The van der Waals surface area contributed by atoms with Gasteiger partial charge in [0.05, 0.1) is 4.92 Å². The van der Waals surface area contributed by atoms with Crippen LogP contribution in [0, 0.1) is 17.0 Å². The summed E-state index contributed by atoms with van der Waals surface area (Å²) in [4.78, 5) is 26.4. The highest BCUT2D eigenvalue weighted by Crippen LogP contribution is 2.28. The third-order valence-electron chi connectivity index (χ3n) is 2.26. The Labute approximate surface area is 104 Å². The lowest BCUT2D eigenvalue weighted by Crippen LogP contribution is -2.31. The molecular formula is C11H13N3O4. The summed E-state index contributed by atoms with van der Waals surface area (Å²) in [5.74, 6) is -1.04. The van der Waals surface area contributed by atoms with Gasteiger partial charge in [0.2, 0.25) is 5.82 Å². The van der Waals surface area contributed by atoms with Gasteiger partial charge in [0.1, 0.15) is 6.54 Å². The van der Waals surface area contributed by atoms with Gasteiger partial charge in [-0.3, -0.25) is 14.9 Å². The Balaban J connectivity index is 3.26. The number of pyridine rings is 1. The number of nitrogens with zero attached hydrogens (tertiary/aromatic N) is 3. The number of aryl methyl sites for hydroxylation is 1. The fourth-order valence-electron chi connectivity index (χ4n) is 1.54. The summed E-state index contributed by atoms with van der Waals surface area (Å²) in [5, 5.41) is 19.8. The van der Waals surface area contributed by atoms with Gasteiger partial charge in [-0.25, -0.2) is 4.98 Å². The Morgan fingerprint density at radius 1 is 1.72 bits per heavy atom. The highest BCUT2D eigenvalue weighted by atomic mass is 16.6. The molecule has 1 aromatic rings. The summed E-state index contributed by atoms with van der Waals surface area (Å²) in [6.07, 6.45) is 2.88. The minimum absolute atomic E-state index is 0.0438. The Morgan fingerprint density at radius 3 is 2.89 bits per heavy atom. The zero-order valence-electron chi connectivity index (χ0n) is 9.87. The van der Waals surface area contributed by atoms with Crippen molar-refractivity contribution < 1.29 is 14.8 Å². The first-order valence-corrected chi connectivity index (χ1v) is 5.15. The summed E-state index contributed by atoms with van der Waals surface area (Å²) in [7, 11) is 0. The van der Waals surface area contributed by atoms with E-state index in [2.05, 4.69) is 11.6 Å². The average molecular weight is 251 g/mol. The zero-order valence-corrected chi connectivity index (χ0v) is 9.87. The topological polar surface area (TPSA) is 96.6 Å². The van der Waals surface area contributed by atoms with Crippen LogP contribution in [-0.2, 0) is 4.79 Å². The van der Waals surface area contributed by atoms with Gasteiger partial charge < -0.3 is 10.0 Å². The Hall–Kier alpha value is -2.44. The number of carboxylic acids is 1. The van der Waals surface area contributed by atoms with Crippen molar-refractivity contribution in [1.29, 1.82) is 0 Å². The van der Waals surface area contributed by atoms with E-state index in [1.807, 2.05) is 0 Å². The van der Waals surface area contributed by atoms with Gasteiger partial charge in [-0.05, 0) is 13.0 Å². The minimum Gasteiger partial charge on any atom is -0.480 e. The van der Waals surface area contributed by atoms with Crippen LogP contribution in [0.3, 0.4) is 0 Å². The highest BCUT2D eigenvalue weighted by Gasteiger charge is 2.24. The van der Waals surface area contributed by atoms with Gasteiger partial charge in [-0.1, -0.05) is 6.08 Å². The van der Waals surface area contributed by atoms with Gasteiger partial charge in [-0.15, -0.1) is 6.58 Å². The zero-order chi connectivity index (χ0) is 13.7. The third-order valence-corrected chi connectivity index (χ3v) is 2.26. The average Bonchev–Trinajstić information content (AvgIpc) is 2.27. The van der Waals surface area contributed by atoms with E-state index >= 15 is 0 Å². The van der Waals surface area contributed by atoms with Gasteiger partial charge >= 0.3 is 11.7 Å². The molecule has 0 amide bonds. The Bertz CT molecular complexity index is 487. The number of hydrogen-bond donors (Lipinski definition) is 1. The highest BCUT2D eigenvalue weighted by molar-refractivity contribution is 5.75. The molecule has 0 aromatic carbocycles. The summed E-state index contributed by atoms with van der Waals surface area (Å²) in [5.41, 5.74) is 0.255. The molecule has 0 spiro atoms.